The summed E-state index contributed by atoms with van der Waals surface area (Å²) in [5.74, 6) is 1.85. The predicted molar refractivity (Wildman–Crippen MR) is 106 cm³/mol. The molecular formula is C21H25N5O2. The van der Waals surface area contributed by atoms with Gasteiger partial charge in [0.2, 0.25) is 11.8 Å². The first kappa shape index (κ1) is 18.4. The maximum absolute atomic E-state index is 12.2. The third kappa shape index (κ3) is 4.13. The van der Waals surface area contributed by atoms with Crippen LogP contribution in [0.15, 0.2) is 30.3 Å². The van der Waals surface area contributed by atoms with Crippen molar-refractivity contribution in [2.75, 3.05) is 11.4 Å². The van der Waals surface area contributed by atoms with Crippen molar-refractivity contribution in [2.24, 2.45) is 0 Å². The van der Waals surface area contributed by atoms with Crippen LogP contribution in [-0.4, -0.2) is 33.1 Å². The van der Waals surface area contributed by atoms with Crippen molar-refractivity contribution in [1.29, 1.82) is 0 Å². The van der Waals surface area contributed by atoms with E-state index in [1.807, 2.05) is 29.2 Å². The SMILES string of the molecule is O=C(/C=C/c1ccc(N2CCCC2=O)cc1)NCc1nnc2n1CCCCC2. The van der Waals surface area contributed by atoms with E-state index in [1.54, 1.807) is 6.08 Å². The summed E-state index contributed by atoms with van der Waals surface area (Å²) in [5, 5.41) is 11.4. The summed E-state index contributed by atoms with van der Waals surface area (Å²) in [6, 6.07) is 7.69. The maximum Gasteiger partial charge on any atom is 0.244 e. The van der Waals surface area contributed by atoms with Gasteiger partial charge >= 0.3 is 0 Å². The number of rotatable bonds is 5. The minimum Gasteiger partial charge on any atom is -0.345 e. The Morgan fingerprint density at radius 2 is 1.89 bits per heavy atom. The first-order valence-corrected chi connectivity index (χ1v) is 9.98. The Balaban J connectivity index is 1.32. The molecule has 3 heterocycles. The van der Waals surface area contributed by atoms with E-state index in [9.17, 15) is 9.59 Å². The van der Waals surface area contributed by atoms with Crippen LogP contribution >= 0.6 is 0 Å². The van der Waals surface area contributed by atoms with E-state index in [0.717, 1.165) is 61.7 Å². The molecule has 2 aliphatic rings. The van der Waals surface area contributed by atoms with Gasteiger partial charge in [-0.05, 0) is 43.0 Å². The minimum absolute atomic E-state index is 0.162. The van der Waals surface area contributed by atoms with Crippen molar-refractivity contribution < 1.29 is 9.59 Å². The number of carbonyl (C=O) groups excluding carboxylic acids is 2. The van der Waals surface area contributed by atoms with E-state index in [4.69, 9.17) is 0 Å². The van der Waals surface area contributed by atoms with E-state index in [1.165, 1.54) is 12.5 Å². The summed E-state index contributed by atoms with van der Waals surface area (Å²) in [6.07, 6.45) is 9.28. The lowest BCUT2D eigenvalue weighted by Crippen LogP contribution is -2.23. The molecule has 0 saturated carbocycles. The summed E-state index contributed by atoms with van der Waals surface area (Å²) in [6.45, 7) is 2.09. The molecule has 1 aromatic heterocycles. The predicted octanol–water partition coefficient (Wildman–Crippen LogP) is 2.46. The zero-order valence-electron chi connectivity index (χ0n) is 15.9. The molecule has 28 heavy (non-hydrogen) atoms. The fourth-order valence-corrected chi connectivity index (χ4v) is 3.76. The molecular weight excluding hydrogens is 354 g/mol. The van der Waals surface area contributed by atoms with Gasteiger partial charge in [-0.3, -0.25) is 9.59 Å². The number of nitrogens with one attached hydrogen (secondary N) is 1. The number of nitrogens with zero attached hydrogens (tertiary/aromatic N) is 4. The smallest absolute Gasteiger partial charge is 0.244 e. The van der Waals surface area contributed by atoms with E-state index < -0.39 is 0 Å². The minimum atomic E-state index is -0.162. The number of benzene rings is 1. The van der Waals surface area contributed by atoms with Crippen LogP contribution in [0.4, 0.5) is 5.69 Å². The van der Waals surface area contributed by atoms with Crippen molar-refractivity contribution in [3.05, 3.63) is 47.6 Å². The van der Waals surface area contributed by atoms with Crippen LogP contribution in [0.25, 0.3) is 6.08 Å². The monoisotopic (exact) mass is 379 g/mol. The lowest BCUT2D eigenvalue weighted by molar-refractivity contribution is -0.117. The van der Waals surface area contributed by atoms with Crippen LogP contribution in [0.5, 0.6) is 0 Å². The van der Waals surface area contributed by atoms with Crippen molar-refractivity contribution >= 4 is 23.6 Å². The Hall–Kier alpha value is -2.96. The molecule has 7 nitrogen and oxygen atoms in total. The molecule has 4 rings (SSSR count). The first-order valence-electron chi connectivity index (χ1n) is 9.98. The molecule has 2 aromatic rings. The molecule has 1 fully saturated rings. The van der Waals surface area contributed by atoms with Crippen molar-refractivity contribution in [2.45, 2.75) is 51.6 Å². The van der Waals surface area contributed by atoms with Gasteiger partial charge in [-0.15, -0.1) is 10.2 Å². The molecule has 7 heteroatoms. The number of hydrogen-bond donors (Lipinski definition) is 1. The third-order valence-corrected chi connectivity index (χ3v) is 5.31. The van der Waals surface area contributed by atoms with Gasteiger partial charge in [0.25, 0.3) is 0 Å². The van der Waals surface area contributed by atoms with E-state index in [0.29, 0.717) is 13.0 Å². The summed E-state index contributed by atoms with van der Waals surface area (Å²) in [7, 11) is 0. The van der Waals surface area contributed by atoms with Crippen LogP contribution in [0.1, 0.15) is 49.3 Å². The highest BCUT2D eigenvalue weighted by Gasteiger charge is 2.21. The topological polar surface area (TPSA) is 80.1 Å². The molecule has 0 radical (unpaired) electrons. The molecule has 2 aliphatic heterocycles. The second-order valence-electron chi connectivity index (χ2n) is 7.29. The summed E-state index contributed by atoms with van der Waals surface area (Å²) < 4.78 is 2.13. The highest BCUT2D eigenvalue weighted by atomic mass is 16.2. The average Bonchev–Trinajstić information content (AvgIpc) is 3.23. The second kappa shape index (κ2) is 8.37. The molecule has 0 unspecified atom stereocenters. The molecule has 146 valence electrons. The number of anilines is 1. The standard InChI is InChI=1S/C21H25N5O2/c27-20(22-15-19-24-23-18-5-2-1-3-13-26(18)19)12-9-16-7-10-17(11-8-16)25-14-4-6-21(25)28/h7-12H,1-6,13-15H2,(H,22,27)/b12-9+. The van der Waals surface area contributed by atoms with E-state index >= 15 is 0 Å². The van der Waals surface area contributed by atoms with Crippen LogP contribution in [0.2, 0.25) is 0 Å². The molecule has 2 amide bonds. The van der Waals surface area contributed by atoms with Gasteiger partial charge in [0.1, 0.15) is 5.82 Å². The largest absolute Gasteiger partial charge is 0.345 e. The van der Waals surface area contributed by atoms with Crippen molar-refractivity contribution in [1.82, 2.24) is 20.1 Å². The molecule has 0 spiro atoms. The fourth-order valence-electron chi connectivity index (χ4n) is 3.76. The van der Waals surface area contributed by atoms with Gasteiger partial charge in [0.05, 0.1) is 6.54 Å². The van der Waals surface area contributed by atoms with Crippen LogP contribution in [0.3, 0.4) is 0 Å². The molecule has 1 saturated heterocycles. The van der Waals surface area contributed by atoms with Gasteiger partial charge in [0, 0.05) is 37.7 Å². The lowest BCUT2D eigenvalue weighted by Gasteiger charge is -2.15. The van der Waals surface area contributed by atoms with Gasteiger partial charge in [-0.2, -0.15) is 0 Å². The van der Waals surface area contributed by atoms with Gasteiger partial charge < -0.3 is 14.8 Å². The quantitative estimate of drug-likeness (QED) is 0.810. The van der Waals surface area contributed by atoms with E-state index in [-0.39, 0.29) is 11.8 Å². The fraction of sp³-hybridized carbons (Fsp3) is 0.429. The normalized spacial score (nSPS) is 17.0. The molecule has 1 N–H and O–H groups in total. The van der Waals surface area contributed by atoms with Crippen molar-refractivity contribution in [3.8, 4) is 0 Å². The number of carbonyl (C=O) groups is 2. The van der Waals surface area contributed by atoms with Gasteiger partial charge in [-0.1, -0.05) is 18.6 Å². The number of amides is 2. The Morgan fingerprint density at radius 3 is 2.68 bits per heavy atom. The lowest BCUT2D eigenvalue weighted by atomic mass is 10.2. The van der Waals surface area contributed by atoms with Gasteiger partial charge in [-0.25, -0.2) is 0 Å². The average molecular weight is 379 g/mol. The summed E-state index contributed by atoms with van der Waals surface area (Å²) >= 11 is 0. The van der Waals surface area contributed by atoms with Crippen molar-refractivity contribution in [3.63, 3.8) is 0 Å². The number of aryl methyl sites for hydroxylation is 1. The zero-order chi connectivity index (χ0) is 19.3. The Labute approximate surface area is 164 Å². The van der Waals surface area contributed by atoms with E-state index in [2.05, 4.69) is 20.1 Å². The third-order valence-electron chi connectivity index (χ3n) is 5.31. The highest BCUT2D eigenvalue weighted by molar-refractivity contribution is 5.95. The van der Waals surface area contributed by atoms with Crippen LogP contribution < -0.4 is 10.2 Å². The molecule has 0 aliphatic carbocycles. The number of hydrogen-bond acceptors (Lipinski definition) is 4. The number of aromatic nitrogens is 3. The van der Waals surface area contributed by atoms with Crippen LogP contribution in [0, 0.1) is 0 Å². The summed E-state index contributed by atoms with van der Waals surface area (Å²) in [5.41, 5.74) is 1.83. The van der Waals surface area contributed by atoms with Crippen LogP contribution in [-0.2, 0) is 29.1 Å². The Kier molecular flexibility index (Phi) is 5.50. The molecule has 0 bridgehead atoms. The van der Waals surface area contributed by atoms with Gasteiger partial charge in [0.15, 0.2) is 5.82 Å². The summed E-state index contributed by atoms with van der Waals surface area (Å²) in [4.78, 5) is 25.8. The molecule has 1 aromatic carbocycles. The Bertz CT molecular complexity index is 885. The zero-order valence-corrected chi connectivity index (χ0v) is 15.9. The highest BCUT2D eigenvalue weighted by Crippen LogP contribution is 2.22. The second-order valence-corrected chi connectivity index (χ2v) is 7.29. The maximum atomic E-state index is 12.2. The first-order chi connectivity index (χ1) is 13.7. The number of fused-ring (bicyclic) bond motifs is 1. The Morgan fingerprint density at radius 1 is 1.04 bits per heavy atom. The molecule has 0 atom stereocenters.